The summed E-state index contributed by atoms with van der Waals surface area (Å²) >= 11 is 0. The Labute approximate surface area is 81.8 Å². The molecule has 0 unspecified atom stereocenters. The van der Waals surface area contributed by atoms with Crippen LogP contribution < -0.4 is 5.73 Å². The number of hydrogen-bond donors (Lipinski definition) is 1. The second-order valence-corrected chi connectivity index (χ2v) is 3.90. The van der Waals surface area contributed by atoms with E-state index in [9.17, 15) is 0 Å². The molecule has 4 nitrogen and oxygen atoms in total. The highest BCUT2D eigenvalue weighted by atomic mass is 15.3. The third-order valence-corrected chi connectivity index (χ3v) is 2.80. The van der Waals surface area contributed by atoms with Crippen LogP contribution in [-0.4, -0.2) is 20.6 Å². The van der Waals surface area contributed by atoms with Crippen LogP contribution in [0.1, 0.15) is 24.6 Å². The van der Waals surface area contributed by atoms with E-state index in [1.165, 1.54) is 0 Å². The standard InChI is InChI=1S/C10H12N4/c11-8-5-7(6-8)10-12-9-3-1-2-4-14(9)13-10/h1-4,7-8H,5-6,11H2. The summed E-state index contributed by atoms with van der Waals surface area (Å²) in [6.07, 6.45) is 3.97. The second kappa shape index (κ2) is 2.78. The fourth-order valence-electron chi connectivity index (χ4n) is 1.89. The van der Waals surface area contributed by atoms with Crippen molar-refractivity contribution in [2.45, 2.75) is 24.8 Å². The lowest BCUT2D eigenvalue weighted by atomic mass is 9.80. The third-order valence-electron chi connectivity index (χ3n) is 2.80. The summed E-state index contributed by atoms with van der Waals surface area (Å²) in [4.78, 5) is 4.47. The lowest BCUT2D eigenvalue weighted by molar-refractivity contribution is 0.338. The molecule has 1 aliphatic carbocycles. The maximum absolute atomic E-state index is 5.74. The fraction of sp³-hybridized carbons (Fsp3) is 0.400. The molecule has 4 heteroatoms. The lowest BCUT2D eigenvalue weighted by Crippen LogP contribution is -2.35. The normalized spacial score (nSPS) is 26.4. The molecule has 1 fully saturated rings. The van der Waals surface area contributed by atoms with E-state index in [2.05, 4.69) is 10.1 Å². The molecule has 0 spiro atoms. The number of pyridine rings is 1. The van der Waals surface area contributed by atoms with E-state index in [1.54, 1.807) is 0 Å². The van der Waals surface area contributed by atoms with Crippen LogP contribution in [0.3, 0.4) is 0 Å². The number of rotatable bonds is 1. The summed E-state index contributed by atoms with van der Waals surface area (Å²) in [6.45, 7) is 0. The highest BCUT2D eigenvalue weighted by molar-refractivity contribution is 5.37. The smallest absolute Gasteiger partial charge is 0.155 e. The van der Waals surface area contributed by atoms with Gasteiger partial charge in [0.15, 0.2) is 11.5 Å². The molecule has 2 aromatic rings. The molecule has 2 aromatic heterocycles. The molecule has 0 bridgehead atoms. The van der Waals surface area contributed by atoms with E-state index in [-0.39, 0.29) is 0 Å². The molecular formula is C10H12N4. The molecule has 0 radical (unpaired) electrons. The monoisotopic (exact) mass is 188 g/mol. The molecule has 72 valence electrons. The number of nitrogens with zero attached hydrogens (tertiary/aromatic N) is 3. The fourth-order valence-corrected chi connectivity index (χ4v) is 1.89. The minimum absolute atomic E-state index is 0.353. The van der Waals surface area contributed by atoms with Gasteiger partial charge in [-0.05, 0) is 25.0 Å². The van der Waals surface area contributed by atoms with E-state index in [0.717, 1.165) is 24.3 Å². The molecule has 0 atom stereocenters. The van der Waals surface area contributed by atoms with Gasteiger partial charge in [0, 0.05) is 18.2 Å². The van der Waals surface area contributed by atoms with E-state index < -0.39 is 0 Å². The van der Waals surface area contributed by atoms with Crippen molar-refractivity contribution >= 4 is 5.65 Å². The summed E-state index contributed by atoms with van der Waals surface area (Å²) in [5.41, 5.74) is 6.66. The SMILES string of the molecule is NC1CC(c2nc3ccccn3n2)C1. The van der Waals surface area contributed by atoms with E-state index in [0.29, 0.717) is 12.0 Å². The molecule has 0 aromatic carbocycles. The molecule has 3 rings (SSSR count). The van der Waals surface area contributed by atoms with Crippen LogP contribution in [-0.2, 0) is 0 Å². The third kappa shape index (κ3) is 1.11. The van der Waals surface area contributed by atoms with Gasteiger partial charge in [-0.1, -0.05) is 6.07 Å². The average molecular weight is 188 g/mol. The number of aromatic nitrogens is 3. The van der Waals surface area contributed by atoms with Gasteiger partial charge in [0.2, 0.25) is 0 Å². The molecule has 0 saturated heterocycles. The van der Waals surface area contributed by atoms with Gasteiger partial charge in [-0.3, -0.25) is 0 Å². The maximum atomic E-state index is 5.74. The summed E-state index contributed by atoms with van der Waals surface area (Å²) < 4.78 is 1.82. The molecule has 2 N–H and O–H groups in total. The highest BCUT2D eigenvalue weighted by Gasteiger charge is 2.30. The van der Waals surface area contributed by atoms with Gasteiger partial charge in [-0.25, -0.2) is 9.50 Å². The van der Waals surface area contributed by atoms with Crippen molar-refractivity contribution < 1.29 is 0 Å². The first-order valence-electron chi connectivity index (χ1n) is 4.90. The molecule has 1 saturated carbocycles. The second-order valence-electron chi connectivity index (χ2n) is 3.90. The Hall–Kier alpha value is -1.42. The van der Waals surface area contributed by atoms with Gasteiger partial charge in [0.25, 0.3) is 0 Å². The Morgan fingerprint density at radius 1 is 1.36 bits per heavy atom. The average Bonchev–Trinajstić information content (AvgIpc) is 2.55. The zero-order chi connectivity index (χ0) is 9.54. The number of hydrogen-bond acceptors (Lipinski definition) is 3. The lowest BCUT2D eigenvalue weighted by Gasteiger charge is -2.29. The first-order valence-corrected chi connectivity index (χ1v) is 4.90. The van der Waals surface area contributed by atoms with Crippen LogP contribution in [0.4, 0.5) is 0 Å². The van der Waals surface area contributed by atoms with Crippen LogP contribution in [0, 0.1) is 0 Å². The Balaban J connectivity index is 1.99. The van der Waals surface area contributed by atoms with Crippen molar-refractivity contribution in [3.8, 4) is 0 Å². The predicted molar refractivity (Wildman–Crippen MR) is 52.9 cm³/mol. The van der Waals surface area contributed by atoms with Crippen molar-refractivity contribution in [2.75, 3.05) is 0 Å². The van der Waals surface area contributed by atoms with Crippen LogP contribution in [0.15, 0.2) is 24.4 Å². The Kier molecular flexibility index (Phi) is 1.58. The number of nitrogens with two attached hydrogens (primary N) is 1. The van der Waals surface area contributed by atoms with Crippen LogP contribution in [0.25, 0.3) is 5.65 Å². The summed E-state index contributed by atoms with van der Waals surface area (Å²) in [5.74, 6) is 1.42. The zero-order valence-electron chi connectivity index (χ0n) is 7.80. The molecule has 0 amide bonds. The van der Waals surface area contributed by atoms with Crippen molar-refractivity contribution in [3.63, 3.8) is 0 Å². The van der Waals surface area contributed by atoms with Crippen molar-refractivity contribution in [2.24, 2.45) is 5.73 Å². The predicted octanol–water partition coefficient (Wildman–Crippen LogP) is 0.934. The van der Waals surface area contributed by atoms with Crippen LogP contribution in [0.5, 0.6) is 0 Å². The van der Waals surface area contributed by atoms with E-state index in [4.69, 9.17) is 5.73 Å². The van der Waals surface area contributed by atoms with E-state index in [1.807, 2.05) is 28.9 Å². The maximum Gasteiger partial charge on any atom is 0.155 e. The first kappa shape index (κ1) is 7.94. The minimum atomic E-state index is 0.353. The molecule has 2 heterocycles. The van der Waals surface area contributed by atoms with Gasteiger partial charge < -0.3 is 5.73 Å². The van der Waals surface area contributed by atoms with Crippen LogP contribution in [0.2, 0.25) is 0 Å². The quantitative estimate of drug-likeness (QED) is 0.724. The summed E-state index contributed by atoms with van der Waals surface area (Å²) in [6, 6.07) is 6.25. The number of fused-ring (bicyclic) bond motifs is 1. The Bertz CT molecular complexity index is 423. The largest absolute Gasteiger partial charge is 0.328 e. The summed E-state index contributed by atoms with van der Waals surface area (Å²) in [5, 5.41) is 4.42. The van der Waals surface area contributed by atoms with Gasteiger partial charge in [-0.15, -0.1) is 0 Å². The Morgan fingerprint density at radius 2 is 2.21 bits per heavy atom. The Morgan fingerprint density at radius 3 is 2.93 bits per heavy atom. The van der Waals surface area contributed by atoms with Crippen molar-refractivity contribution in [1.29, 1.82) is 0 Å². The highest BCUT2D eigenvalue weighted by Crippen LogP contribution is 2.33. The summed E-state index contributed by atoms with van der Waals surface area (Å²) in [7, 11) is 0. The topological polar surface area (TPSA) is 56.2 Å². The molecule has 1 aliphatic rings. The minimum Gasteiger partial charge on any atom is -0.328 e. The van der Waals surface area contributed by atoms with Gasteiger partial charge in [-0.2, -0.15) is 5.10 Å². The van der Waals surface area contributed by atoms with Crippen LogP contribution >= 0.6 is 0 Å². The molecular weight excluding hydrogens is 176 g/mol. The molecule has 0 aliphatic heterocycles. The van der Waals surface area contributed by atoms with Gasteiger partial charge >= 0.3 is 0 Å². The first-order chi connectivity index (χ1) is 6.83. The van der Waals surface area contributed by atoms with E-state index >= 15 is 0 Å². The van der Waals surface area contributed by atoms with Crippen molar-refractivity contribution in [1.82, 2.24) is 14.6 Å². The van der Waals surface area contributed by atoms with Gasteiger partial charge in [0.05, 0.1) is 0 Å². The van der Waals surface area contributed by atoms with Gasteiger partial charge in [0.1, 0.15) is 0 Å². The zero-order valence-corrected chi connectivity index (χ0v) is 7.80. The molecule has 14 heavy (non-hydrogen) atoms. The van der Waals surface area contributed by atoms with Crippen molar-refractivity contribution in [3.05, 3.63) is 30.2 Å².